The van der Waals surface area contributed by atoms with Crippen LogP contribution in [-0.4, -0.2) is 58.2 Å². The summed E-state index contributed by atoms with van der Waals surface area (Å²) in [5.41, 5.74) is 0.618. The third-order valence-electron chi connectivity index (χ3n) is 4.54. The molecular formula is C20H30N2O4. The zero-order valence-electron chi connectivity index (χ0n) is 16.4. The van der Waals surface area contributed by atoms with E-state index in [0.717, 1.165) is 5.56 Å². The zero-order chi connectivity index (χ0) is 19.5. The first-order chi connectivity index (χ1) is 12.1. The molecule has 1 fully saturated rings. The largest absolute Gasteiger partial charge is 0.478 e. The lowest BCUT2D eigenvalue weighted by Crippen LogP contribution is -2.57. The quantitative estimate of drug-likeness (QED) is 0.888. The van der Waals surface area contributed by atoms with Crippen LogP contribution in [0.25, 0.3) is 0 Å². The highest BCUT2D eigenvalue weighted by Crippen LogP contribution is 2.22. The molecule has 26 heavy (non-hydrogen) atoms. The van der Waals surface area contributed by atoms with Crippen molar-refractivity contribution in [3.05, 3.63) is 35.4 Å². The molecule has 0 aromatic heterocycles. The monoisotopic (exact) mass is 362 g/mol. The number of piperazine rings is 1. The average Bonchev–Trinajstić information content (AvgIpc) is 2.53. The van der Waals surface area contributed by atoms with Gasteiger partial charge in [0.25, 0.3) is 0 Å². The maximum absolute atomic E-state index is 12.5. The van der Waals surface area contributed by atoms with Crippen LogP contribution in [0, 0.1) is 5.92 Å². The van der Waals surface area contributed by atoms with Crippen LogP contribution in [0.3, 0.4) is 0 Å². The van der Waals surface area contributed by atoms with Gasteiger partial charge in [-0.25, -0.2) is 9.59 Å². The number of ether oxygens (including phenoxy) is 1. The molecule has 0 spiro atoms. The SMILES string of the molecule is CC(C)C1CN(Cc2ccccc2C(=O)O)CCN1C(=O)OC(C)(C)C. The predicted octanol–water partition coefficient (Wildman–Crippen LogP) is 3.46. The third kappa shape index (κ3) is 5.21. The van der Waals surface area contributed by atoms with E-state index in [1.807, 2.05) is 37.8 Å². The Morgan fingerprint density at radius 2 is 1.88 bits per heavy atom. The molecule has 1 aromatic rings. The van der Waals surface area contributed by atoms with Crippen LogP contribution in [-0.2, 0) is 11.3 Å². The van der Waals surface area contributed by atoms with Crippen LogP contribution >= 0.6 is 0 Å². The van der Waals surface area contributed by atoms with Crippen molar-refractivity contribution in [3.8, 4) is 0 Å². The van der Waals surface area contributed by atoms with Gasteiger partial charge in [0, 0.05) is 26.2 Å². The Kier molecular flexibility index (Phi) is 6.29. The van der Waals surface area contributed by atoms with E-state index in [-0.39, 0.29) is 18.1 Å². The minimum absolute atomic E-state index is 0.0376. The second kappa shape index (κ2) is 8.08. The lowest BCUT2D eigenvalue weighted by Gasteiger charge is -2.43. The molecule has 1 aromatic carbocycles. The fourth-order valence-electron chi connectivity index (χ4n) is 3.24. The first kappa shape index (κ1) is 20.2. The van der Waals surface area contributed by atoms with Crippen molar-refractivity contribution in [2.45, 2.75) is 52.8 Å². The van der Waals surface area contributed by atoms with Crippen molar-refractivity contribution in [1.29, 1.82) is 0 Å². The summed E-state index contributed by atoms with van der Waals surface area (Å²) in [6.07, 6.45) is -0.276. The van der Waals surface area contributed by atoms with Crippen molar-refractivity contribution < 1.29 is 19.4 Å². The van der Waals surface area contributed by atoms with Gasteiger partial charge in [0.05, 0.1) is 11.6 Å². The fourth-order valence-corrected chi connectivity index (χ4v) is 3.24. The highest BCUT2D eigenvalue weighted by atomic mass is 16.6. The maximum atomic E-state index is 12.5. The number of carboxylic acid groups (broad SMARTS) is 1. The second-order valence-electron chi connectivity index (χ2n) is 8.18. The van der Waals surface area contributed by atoms with Gasteiger partial charge >= 0.3 is 12.1 Å². The van der Waals surface area contributed by atoms with E-state index in [2.05, 4.69) is 18.7 Å². The van der Waals surface area contributed by atoms with Gasteiger partial charge < -0.3 is 14.7 Å². The molecular weight excluding hydrogens is 332 g/mol. The van der Waals surface area contributed by atoms with Gasteiger partial charge in [-0.2, -0.15) is 0 Å². The third-order valence-corrected chi connectivity index (χ3v) is 4.54. The van der Waals surface area contributed by atoms with E-state index in [1.54, 1.807) is 12.1 Å². The molecule has 0 bridgehead atoms. The van der Waals surface area contributed by atoms with Gasteiger partial charge in [0.15, 0.2) is 0 Å². The summed E-state index contributed by atoms with van der Waals surface area (Å²) >= 11 is 0. The number of carbonyl (C=O) groups is 2. The molecule has 6 heteroatoms. The number of amides is 1. The summed E-state index contributed by atoms with van der Waals surface area (Å²) < 4.78 is 5.55. The molecule has 144 valence electrons. The highest BCUT2D eigenvalue weighted by molar-refractivity contribution is 5.89. The lowest BCUT2D eigenvalue weighted by molar-refractivity contribution is -0.0106. The number of hydrogen-bond donors (Lipinski definition) is 1. The van der Waals surface area contributed by atoms with Crippen molar-refractivity contribution in [3.63, 3.8) is 0 Å². The second-order valence-corrected chi connectivity index (χ2v) is 8.18. The van der Waals surface area contributed by atoms with Crippen LogP contribution in [0.15, 0.2) is 24.3 Å². The van der Waals surface area contributed by atoms with E-state index in [9.17, 15) is 14.7 Å². The number of carbonyl (C=O) groups excluding carboxylic acids is 1. The molecule has 2 rings (SSSR count). The van der Waals surface area contributed by atoms with Gasteiger partial charge in [0.1, 0.15) is 5.60 Å². The zero-order valence-corrected chi connectivity index (χ0v) is 16.4. The smallest absolute Gasteiger partial charge is 0.410 e. The molecule has 1 atom stereocenters. The van der Waals surface area contributed by atoms with Crippen LogP contribution in [0.2, 0.25) is 0 Å². The van der Waals surface area contributed by atoms with Gasteiger partial charge in [-0.15, -0.1) is 0 Å². The minimum atomic E-state index is -0.909. The predicted molar refractivity (Wildman–Crippen MR) is 100 cm³/mol. The summed E-state index contributed by atoms with van der Waals surface area (Å²) in [7, 11) is 0. The molecule has 1 N–H and O–H groups in total. The van der Waals surface area contributed by atoms with Crippen LogP contribution in [0.4, 0.5) is 4.79 Å². The Morgan fingerprint density at radius 3 is 2.46 bits per heavy atom. The number of rotatable bonds is 4. The van der Waals surface area contributed by atoms with Crippen molar-refractivity contribution in [2.75, 3.05) is 19.6 Å². The summed E-state index contributed by atoms with van der Waals surface area (Å²) in [4.78, 5) is 28.0. The number of nitrogens with zero attached hydrogens (tertiary/aromatic N) is 2. The molecule has 1 amide bonds. The normalized spacial score (nSPS) is 18.8. The molecule has 1 aliphatic rings. The van der Waals surface area contributed by atoms with Gasteiger partial charge in [-0.05, 0) is 38.3 Å². The van der Waals surface area contributed by atoms with Gasteiger partial charge in [-0.1, -0.05) is 32.0 Å². The van der Waals surface area contributed by atoms with Crippen molar-refractivity contribution in [1.82, 2.24) is 9.80 Å². The molecule has 0 aliphatic carbocycles. The molecule has 6 nitrogen and oxygen atoms in total. The highest BCUT2D eigenvalue weighted by Gasteiger charge is 2.35. The number of hydrogen-bond acceptors (Lipinski definition) is 4. The van der Waals surface area contributed by atoms with Crippen molar-refractivity contribution >= 4 is 12.1 Å². The Labute approximate surface area is 155 Å². The number of aromatic carboxylic acids is 1. The fraction of sp³-hybridized carbons (Fsp3) is 0.600. The molecule has 1 heterocycles. The Morgan fingerprint density at radius 1 is 1.23 bits per heavy atom. The standard InChI is InChI=1S/C20H30N2O4/c1-14(2)17-13-21(10-11-22(17)19(25)26-20(3,4)5)12-15-8-6-7-9-16(15)18(23)24/h6-9,14,17H,10-13H2,1-5H3,(H,23,24). The molecule has 1 aliphatic heterocycles. The molecule has 0 radical (unpaired) electrons. The van der Waals surface area contributed by atoms with Crippen LogP contribution in [0.5, 0.6) is 0 Å². The first-order valence-electron chi connectivity index (χ1n) is 9.11. The summed E-state index contributed by atoms with van der Waals surface area (Å²) in [5, 5.41) is 9.37. The number of carboxylic acids is 1. The minimum Gasteiger partial charge on any atom is -0.478 e. The van der Waals surface area contributed by atoms with E-state index in [4.69, 9.17) is 4.74 Å². The Balaban J connectivity index is 2.10. The molecule has 1 saturated heterocycles. The molecule has 0 saturated carbocycles. The van der Waals surface area contributed by atoms with Crippen molar-refractivity contribution in [2.24, 2.45) is 5.92 Å². The van der Waals surface area contributed by atoms with Crippen LogP contribution in [0.1, 0.15) is 50.5 Å². The van der Waals surface area contributed by atoms with Gasteiger partial charge in [0.2, 0.25) is 0 Å². The first-order valence-corrected chi connectivity index (χ1v) is 9.11. The maximum Gasteiger partial charge on any atom is 0.410 e. The van der Waals surface area contributed by atoms with E-state index in [0.29, 0.717) is 31.7 Å². The lowest BCUT2D eigenvalue weighted by atomic mass is 9.99. The summed E-state index contributed by atoms with van der Waals surface area (Å²) in [6, 6.07) is 7.13. The Hall–Kier alpha value is -2.08. The summed E-state index contributed by atoms with van der Waals surface area (Å²) in [5.74, 6) is -0.631. The summed E-state index contributed by atoms with van der Waals surface area (Å²) in [6.45, 7) is 12.3. The average molecular weight is 362 g/mol. The van der Waals surface area contributed by atoms with E-state index < -0.39 is 11.6 Å². The van der Waals surface area contributed by atoms with Gasteiger partial charge in [-0.3, -0.25) is 4.90 Å². The molecule has 1 unspecified atom stereocenters. The van der Waals surface area contributed by atoms with E-state index in [1.165, 1.54) is 0 Å². The number of benzene rings is 1. The van der Waals surface area contributed by atoms with Crippen LogP contribution < -0.4 is 0 Å². The van der Waals surface area contributed by atoms with E-state index >= 15 is 0 Å². The topological polar surface area (TPSA) is 70.1 Å². The Bertz CT molecular complexity index is 651.